The molecule has 1 aromatic carbocycles. The van der Waals surface area contributed by atoms with Gasteiger partial charge in [0.25, 0.3) is 0 Å². The van der Waals surface area contributed by atoms with Crippen molar-refractivity contribution >= 4 is 5.82 Å². The maximum atomic E-state index is 11.5. The molecule has 2 heterocycles. The van der Waals surface area contributed by atoms with Crippen molar-refractivity contribution in [2.45, 2.75) is 87.6 Å². The van der Waals surface area contributed by atoms with Crippen LogP contribution in [0.3, 0.4) is 0 Å². The summed E-state index contributed by atoms with van der Waals surface area (Å²) in [7, 11) is 0. The Morgan fingerprint density at radius 1 is 1.02 bits per heavy atom. The molecule has 9 unspecified atom stereocenters. The van der Waals surface area contributed by atoms with Gasteiger partial charge in [-0.05, 0) is 92.0 Å². The molecule has 48 heavy (non-hydrogen) atoms. The number of nitrogens with zero attached hydrogens (tertiary/aromatic N) is 1. The van der Waals surface area contributed by atoms with E-state index in [2.05, 4.69) is 21.8 Å². The van der Waals surface area contributed by atoms with Crippen LogP contribution < -0.4 is 10.5 Å². The second-order valence-corrected chi connectivity index (χ2v) is 13.2. The van der Waals surface area contributed by atoms with Crippen molar-refractivity contribution in [3.05, 3.63) is 83.8 Å². The van der Waals surface area contributed by atoms with E-state index in [9.17, 15) is 30.6 Å². The number of benzene rings is 1. The molecule has 5 rings (SSSR count). The number of nitrogens with two attached hydrogens (primary N) is 1. The molecule has 10 heteroatoms. The van der Waals surface area contributed by atoms with Gasteiger partial charge >= 0.3 is 0 Å². The SMILES string of the molecule is Nc1cc(C(Cc2ccc[nH]2)CC(Oc2cc(C3C=CC4C#CC(CCO)CCCCC(O)C4C(O)C3)ccc2O)C(O)CO)ccn1. The Bertz CT molecular complexity index is 1530. The van der Waals surface area contributed by atoms with Crippen LogP contribution in [0.4, 0.5) is 5.82 Å². The highest BCUT2D eigenvalue weighted by molar-refractivity contribution is 5.44. The lowest BCUT2D eigenvalue weighted by molar-refractivity contribution is -0.00876. The zero-order chi connectivity index (χ0) is 34.0. The van der Waals surface area contributed by atoms with Crippen molar-refractivity contribution in [3.63, 3.8) is 0 Å². The Labute approximate surface area is 282 Å². The molecule has 3 aromatic rings. The Balaban J connectivity index is 1.40. The zero-order valence-electron chi connectivity index (χ0n) is 27.2. The van der Waals surface area contributed by atoms with Gasteiger partial charge in [0.05, 0.1) is 18.8 Å². The summed E-state index contributed by atoms with van der Waals surface area (Å²) in [5.41, 5.74) is 8.67. The van der Waals surface area contributed by atoms with Crippen molar-refractivity contribution in [2.75, 3.05) is 18.9 Å². The number of ether oxygens (including phenoxy) is 1. The summed E-state index contributed by atoms with van der Waals surface area (Å²) in [6.45, 7) is -0.467. The van der Waals surface area contributed by atoms with Gasteiger partial charge in [-0.25, -0.2) is 4.98 Å². The highest BCUT2D eigenvalue weighted by atomic mass is 16.5. The number of aromatic hydroxyl groups is 1. The molecular weight excluding hydrogens is 610 g/mol. The number of H-pyrrole nitrogens is 1. The van der Waals surface area contributed by atoms with Crippen LogP contribution in [0.15, 0.2) is 67.0 Å². The molecule has 0 spiro atoms. The van der Waals surface area contributed by atoms with Crippen molar-refractivity contribution in [2.24, 2.45) is 17.8 Å². The van der Waals surface area contributed by atoms with Gasteiger partial charge in [0, 0.05) is 48.4 Å². The van der Waals surface area contributed by atoms with Crippen LogP contribution in [-0.4, -0.2) is 78.2 Å². The number of aliphatic hydroxyl groups is 5. The molecule has 0 bridgehead atoms. The number of hydrogen-bond acceptors (Lipinski definition) is 9. The average molecular weight is 660 g/mol. The molecule has 9 N–H and O–H groups in total. The number of fused-ring (bicyclic) bond motifs is 1. The van der Waals surface area contributed by atoms with Gasteiger partial charge in [0.2, 0.25) is 0 Å². The molecule has 2 aliphatic rings. The molecular formula is C38H49N3O7. The minimum atomic E-state index is -1.24. The Morgan fingerprint density at radius 3 is 2.60 bits per heavy atom. The summed E-state index contributed by atoms with van der Waals surface area (Å²) in [6.07, 6.45) is 8.80. The molecule has 0 amide bonds. The van der Waals surface area contributed by atoms with Gasteiger partial charge in [0.1, 0.15) is 18.0 Å². The average Bonchev–Trinajstić information content (AvgIpc) is 3.53. The first-order valence-corrected chi connectivity index (χ1v) is 17.0. The Morgan fingerprint density at radius 2 is 1.85 bits per heavy atom. The fourth-order valence-electron chi connectivity index (χ4n) is 7.12. The standard InChI is InChI=1S/C38H49N3O7/c39-37-22-28(13-16-41-37)29(18-30-5-3-15-40-30)21-36(34(47)23-43)48-35-20-27(11-12-31(35)44)26-10-9-25-8-7-24(14-17-42)4-1-2-6-32(45)38(25)33(46)19-26/h3,5,9-13,15-16,20,22,24-26,29,32-34,36,38,40,42-47H,1-2,4,6,14,17-19,21,23H2,(H2,39,41). The van der Waals surface area contributed by atoms with Gasteiger partial charge in [-0.2, -0.15) is 0 Å². The molecule has 0 saturated heterocycles. The van der Waals surface area contributed by atoms with Crippen LogP contribution in [0.2, 0.25) is 0 Å². The van der Waals surface area contributed by atoms with Crippen LogP contribution in [-0.2, 0) is 6.42 Å². The quantitative estimate of drug-likeness (QED) is 0.106. The van der Waals surface area contributed by atoms with Crippen LogP contribution in [0.5, 0.6) is 11.5 Å². The van der Waals surface area contributed by atoms with Gasteiger partial charge in [0.15, 0.2) is 11.5 Å². The first-order valence-electron chi connectivity index (χ1n) is 17.0. The maximum absolute atomic E-state index is 11.5. The predicted molar refractivity (Wildman–Crippen MR) is 183 cm³/mol. The number of aromatic nitrogens is 2. The van der Waals surface area contributed by atoms with Crippen LogP contribution in [0, 0.1) is 29.6 Å². The Kier molecular flexibility index (Phi) is 12.6. The topological polar surface area (TPSA) is 185 Å². The van der Waals surface area contributed by atoms with E-state index in [0.29, 0.717) is 37.9 Å². The second-order valence-electron chi connectivity index (χ2n) is 13.2. The largest absolute Gasteiger partial charge is 0.504 e. The van der Waals surface area contributed by atoms with E-state index in [1.165, 1.54) is 6.07 Å². The predicted octanol–water partition coefficient (Wildman–Crippen LogP) is 3.79. The lowest BCUT2D eigenvalue weighted by Crippen LogP contribution is -2.37. The first-order chi connectivity index (χ1) is 23.2. The van der Waals surface area contributed by atoms with Crippen molar-refractivity contribution in [1.29, 1.82) is 0 Å². The maximum Gasteiger partial charge on any atom is 0.161 e. The third-order valence-electron chi connectivity index (χ3n) is 9.81. The van der Waals surface area contributed by atoms with E-state index in [1.807, 2.05) is 36.5 Å². The number of aliphatic hydroxyl groups excluding tert-OH is 5. The minimum absolute atomic E-state index is 0.0733. The van der Waals surface area contributed by atoms with E-state index in [0.717, 1.165) is 36.1 Å². The smallest absolute Gasteiger partial charge is 0.161 e. The minimum Gasteiger partial charge on any atom is -0.504 e. The summed E-state index contributed by atoms with van der Waals surface area (Å²) in [5.74, 6) is 5.88. The normalized spacial score (nSPS) is 26.3. The number of anilines is 1. The third kappa shape index (κ3) is 9.19. The number of allylic oxidation sites excluding steroid dienone is 2. The second kappa shape index (κ2) is 17.0. The summed E-state index contributed by atoms with van der Waals surface area (Å²) in [6, 6.07) is 12.6. The zero-order valence-corrected chi connectivity index (χ0v) is 27.2. The number of phenolic OH excluding ortho intramolecular Hbond substituents is 1. The molecule has 0 radical (unpaired) electrons. The number of phenols is 1. The number of nitrogens with one attached hydrogen (secondary N) is 1. The molecule has 2 aliphatic carbocycles. The van der Waals surface area contributed by atoms with E-state index in [4.69, 9.17) is 10.5 Å². The number of aromatic amines is 1. The molecule has 0 saturated carbocycles. The number of nitrogen functional groups attached to an aromatic ring is 1. The summed E-state index contributed by atoms with van der Waals surface area (Å²) in [5, 5.41) is 63.9. The molecule has 0 aliphatic heterocycles. The lowest BCUT2D eigenvalue weighted by atomic mass is 9.79. The van der Waals surface area contributed by atoms with Crippen molar-refractivity contribution in [3.8, 4) is 23.3 Å². The van der Waals surface area contributed by atoms with Crippen molar-refractivity contribution < 1.29 is 35.4 Å². The van der Waals surface area contributed by atoms with Gasteiger partial charge in [-0.1, -0.05) is 42.9 Å². The fraction of sp³-hybridized carbons (Fsp3) is 0.500. The summed E-state index contributed by atoms with van der Waals surface area (Å²) < 4.78 is 6.31. The highest BCUT2D eigenvalue weighted by Crippen LogP contribution is 2.40. The Hall–Kier alpha value is -3.85. The fourth-order valence-corrected chi connectivity index (χ4v) is 7.12. The van der Waals surface area contributed by atoms with Crippen molar-refractivity contribution in [1.82, 2.24) is 9.97 Å². The van der Waals surface area contributed by atoms with Crippen LogP contribution in [0.1, 0.15) is 73.6 Å². The molecule has 258 valence electrons. The van der Waals surface area contributed by atoms with Gasteiger partial charge in [-0.15, -0.1) is 0 Å². The van der Waals surface area contributed by atoms with Crippen LogP contribution >= 0.6 is 0 Å². The van der Waals surface area contributed by atoms with Crippen LogP contribution in [0.25, 0.3) is 0 Å². The molecule has 0 fully saturated rings. The van der Waals surface area contributed by atoms with E-state index in [-0.39, 0.29) is 41.8 Å². The van der Waals surface area contributed by atoms with Gasteiger partial charge in [-0.3, -0.25) is 0 Å². The number of hydrogen-bond donors (Lipinski definition) is 8. The monoisotopic (exact) mass is 659 g/mol. The summed E-state index contributed by atoms with van der Waals surface area (Å²) >= 11 is 0. The van der Waals surface area contributed by atoms with Gasteiger partial charge < -0.3 is 46.1 Å². The van der Waals surface area contributed by atoms with E-state index in [1.54, 1.807) is 24.4 Å². The number of rotatable bonds is 12. The van der Waals surface area contributed by atoms with E-state index < -0.39 is 36.9 Å². The lowest BCUT2D eigenvalue weighted by Gasteiger charge is -2.31. The molecule has 9 atom stereocenters. The summed E-state index contributed by atoms with van der Waals surface area (Å²) in [4.78, 5) is 7.33. The molecule has 2 aromatic heterocycles. The van der Waals surface area contributed by atoms with E-state index >= 15 is 0 Å². The highest BCUT2D eigenvalue weighted by Gasteiger charge is 2.36. The number of pyridine rings is 1. The molecule has 10 nitrogen and oxygen atoms in total. The third-order valence-corrected chi connectivity index (χ3v) is 9.81. The first kappa shape index (κ1) is 35.5.